The lowest BCUT2D eigenvalue weighted by molar-refractivity contribution is 0.581. The van der Waals surface area contributed by atoms with Crippen molar-refractivity contribution in [2.24, 2.45) is 12.5 Å². The van der Waals surface area contributed by atoms with Crippen LogP contribution in [0.4, 0.5) is 5.69 Å². The fraction of sp³-hybridized carbons (Fsp3) is 0.381. The standard InChI is InChI=1S/C21H23N3O3S/c1-23-9-5-15-17(12-22-20(25)19(15)23)16-11-14(28(2,26)27)3-4-18(16)24-10-8-21(13-24)6-7-21/h3-5,9,11-12H,6-8,10,13H2,1-2H3,(H,22,25). The molecule has 0 bridgehead atoms. The second kappa shape index (κ2) is 5.73. The summed E-state index contributed by atoms with van der Waals surface area (Å²) in [4.78, 5) is 17.8. The van der Waals surface area contributed by atoms with E-state index in [9.17, 15) is 13.2 Å². The van der Waals surface area contributed by atoms with Crippen molar-refractivity contribution in [3.63, 3.8) is 0 Å². The van der Waals surface area contributed by atoms with Crippen molar-refractivity contribution in [1.29, 1.82) is 0 Å². The van der Waals surface area contributed by atoms with E-state index >= 15 is 0 Å². The van der Waals surface area contributed by atoms with E-state index in [0.717, 1.165) is 35.3 Å². The monoisotopic (exact) mass is 397 g/mol. The summed E-state index contributed by atoms with van der Waals surface area (Å²) in [5.41, 5.74) is 3.65. The third-order valence-electron chi connectivity index (χ3n) is 6.35. The summed E-state index contributed by atoms with van der Waals surface area (Å²) in [6, 6.07) is 7.29. The highest BCUT2D eigenvalue weighted by atomic mass is 32.2. The summed E-state index contributed by atoms with van der Waals surface area (Å²) in [7, 11) is -1.50. The van der Waals surface area contributed by atoms with Crippen molar-refractivity contribution in [3.05, 3.63) is 47.0 Å². The van der Waals surface area contributed by atoms with E-state index in [1.54, 1.807) is 22.9 Å². The number of aromatic amines is 1. The van der Waals surface area contributed by atoms with Crippen molar-refractivity contribution in [2.45, 2.75) is 24.2 Å². The first-order chi connectivity index (χ1) is 13.3. The first kappa shape index (κ1) is 17.6. The highest BCUT2D eigenvalue weighted by Crippen LogP contribution is 2.54. The van der Waals surface area contributed by atoms with E-state index < -0.39 is 9.84 Å². The molecule has 0 atom stereocenters. The van der Waals surface area contributed by atoms with E-state index in [1.807, 2.05) is 25.4 Å². The number of sulfone groups is 1. The van der Waals surface area contributed by atoms with Gasteiger partial charge in [0.2, 0.25) is 0 Å². The van der Waals surface area contributed by atoms with Crippen LogP contribution < -0.4 is 10.5 Å². The molecule has 6 nitrogen and oxygen atoms in total. The van der Waals surface area contributed by atoms with Gasteiger partial charge in [0.25, 0.3) is 5.56 Å². The molecule has 1 saturated carbocycles. The molecule has 3 aromatic rings. The summed E-state index contributed by atoms with van der Waals surface area (Å²) in [6.07, 6.45) is 8.54. The molecule has 2 fully saturated rings. The lowest BCUT2D eigenvalue weighted by Crippen LogP contribution is -2.21. The number of H-pyrrole nitrogens is 1. The van der Waals surface area contributed by atoms with Crippen molar-refractivity contribution in [1.82, 2.24) is 9.55 Å². The Morgan fingerprint density at radius 3 is 2.57 bits per heavy atom. The molecule has 1 saturated heterocycles. The van der Waals surface area contributed by atoms with Crippen LogP contribution in [0.5, 0.6) is 0 Å². The zero-order chi connectivity index (χ0) is 19.7. The summed E-state index contributed by atoms with van der Waals surface area (Å²) >= 11 is 0. The van der Waals surface area contributed by atoms with E-state index in [-0.39, 0.29) is 5.56 Å². The Bertz CT molecular complexity index is 1270. The van der Waals surface area contributed by atoms with Crippen molar-refractivity contribution in [3.8, 4) is 11.1 Å². The number of anilines is 1. The average Bonchev–Trinajstić information content (AvgIpc) is 3.08. The van der Waals surface area contributed by atoms with E-state index in [2.05, 4.69) is 9.88 Å². The quantitative estimate of drug-likeness (QED) is 0.737. The van der Waals surface area contributed by atoms with Gasteiger partial charge in [0.05, 0.1) is 4.90 Å². The fourth-order valence-electron chi connectivity index (χ4n) is 4.50. The number of aryl methyl sites for hydroxylation is 1. The zero-order valence-corrected chi connectivity index (χ0v) is 16.8. The Labute approximate surface area is 163 Å². The van der Waals surface area contributed by atoms with Crippen LogP contribution in [0.2, 0.25) is 0 Å². The number of fused-ring (bicyclic) bond motifs is 1. The van der Waals surface area contributed by atoms with Gasteiger partial charge in [-0.2, -0.15) is 0 Å². The molecule has 146 valence electrons. The highest BCUT2D eigenvalue weighted by molar-refractivity contribution is 7.90. The minimum atomic E-state index is -3.34. The Morgan fingerprint density at radius 2 is 1.89 bits per heavy atom. The van der Waals surface area contributed by atoms with Crippen LogP contribution in [0.15, 0.2) is 46.3 Å². The smallest absolute Gasteiger partial charge is 0.272 e. The lowest BCUT2D eigenvalue weighted by Gasteiger charge is -2.23. The molecule has 0 radical (unpaired) electrons. The van der Waals surface area contributed by atoms with Crippen LogP contribution in [0.3, 0.4) is 0 Å². The molecule has 1 N–H and O–H groups in total. The second-order valence-electron chi connectivity index (χ2n) is 8.34. The van der Waals surface area contributed by atoms with Crippen molar-refractivity contribution in [2.75, 3.05) is 24.2 Å². The van der Waals surface area contributed by atoms with E-state index in [4.69, 9.17) is 0 Å². The summed E-state index contributed by atoms with van der Waals surface area (Å²) in [5.74, 6) is 0. The third-order valence-corrected chi connectivity index (χ3v) is 7.46. The van der Waals surface area contributed by atoms with Gasteiger partial charge in [-0.25, -0.2) is 8.42 Å². The molecule has 28 heavy (non-hydrogen) atoms. The highest BCUT2D eigenvalue weighted by Gasteiger charge is 2.48. The Kier molecular flexibility index (Phi) is 3.59. The van der Waals surface area contributed by atoms with Gasteiger partial charge >= 0.3 is 0 Å². The van der Waals surface area contributed by atoms with Gasteiger partial charge in [-0.1, -0.05) is 0 Å². The molecule has 2 aromatic heterocycles. The maximum absolute atomic E-state index is 12.3. The van der Waals surface area contributed by atoms with Crippen LogP contribution in [0.1, 0.15) is 19.3 Å². The Balaban J connectivity index is 1.75. The molecule has 1 aromatic carbocycles. The van der Waals surface area contributed by atoms with E-state index in [0.29, 0.717) is 15.8 Å². The first-order valence-corrected chi connectivity index (χ1v) is 11.4. The molecule has 1 aliphatic heterocycles. The van der Waals surface area contributed by atoms with Crippen LogP contribution in [0, 0.1) is 5.41 Å². The summed E-state index contributed by atoms with van der Waals surface area (Å²) in [5, 5.41) is 0.832. The maximum atomic E-state index is 12.3. The second-order valence-corrected chi connectivity index (χ2v) is 10.4. The Morgan fingerprint density at radius 1 is 1.11 bits per heavy atom. The van der Waals surface area contributed by atoms with Crippen LogP contribution in [-0.4, -0.2) is 37.3 Å². The SMILES string of the molecule is Cn1ccc2c(-c3cc(S(C)(=O)=O)ccc3N3CCC4(CC4)C3)c[nH]c(=O)c21. The number of hydrogen-bond acceptors (Lipinski definition) is 4. The third kappa shape index (κ3) is 2.68. The normalized spacial score (nSPS) is 18.3. The summed E-state index contributed by atoms with van der Waals surface area (Å²) in [6.45, 7) is 1.99. The van der Waals surface area contributed by atoms with Gasteiger partial charge in [-0.15, -0.1) is 0 Å². The van der Waals surface area contributed by atoms with Gasteiger partial charge in [0, 0.05) is 61.0 Å². The van der Waals surface area contributed by atoms with Gasteiger partial charge in [-0.05, 0) is 48.9 Å². The molecule has 7 heteroatoms. The van der Waals surface area contributed by atoms with Crippen molar-refractivity contribution >= 4 is 26.4 Å². The van der Waals surface area contributed by atoms with Crippen LogP contribution >= 0.6 is 0 Å². The molecule has 0 amide bonds. The number of aromatic nitrogens is 2. The number of benzene rings is 1. The minimum absolute atomic E-state index is 0.148. The lowest BCUT2D eigenvalue weighted by atomic mass is 10.0. The van der Waals surface area contributed by atoms with Gasteiger partial charge in [0.15, 0.2) is 9.84 Å². The summed E-state index contributed by atoms with van der Waals surface area (Å²) < 4.78 is 26.2. The molecule has 1 aliphatic carbocycles. The first-order valence-electron chi connectivity index (χ1n) is 9.54. The number of nitrogens with one attached hydrogen (secondary N) is 1. The van der Waals surface area contributed by atoms with Gasteiger partial charge < -0.3 is 14.5 Å². The molecular formula is C21H23N3O3S. The number of nitrogens with zero attached hydrogens (tertiary/aromatic N) is 2. The molecule has 1 spiro atoms. The molecule has 2 aliphatic rings. The number of pyridine rings is 1. The van der Waals surface area contributed by atoms with Crippen LogP contribution in [-0.2, 0) is 16.9 Å². The topological polar surface area (TPSA) is 75.2 Å². The zero-order valence-electron chi connectivity index (χ0n) is 16.0. The van der Waals surface area contributed by atoms with Gasteiger partial charge in [0.1, 0.15) is 5.52 Å². The predicted molar refractivity (Wildman–Crippen MR) is 111 cm³/mol. The molecule has 3 heterocycles. The maximum Gasteiger partial charge on any atom is 0.272 e. The fourth-order valence-corrected chi connectivity index (χ4v) is 5.15. The van der Waals surface area contributed by atoms with E-state index in [1.165, 1.54) is 25.5 Å². The van der Waals surface area contributed by atoms with Crippen LogP contribution in [0.25, 0.3) is 22.0 Å². The molecule has 0 unspecified atom stereocenters. The molecular weight excluding hydrogens is 374 g/mol. The number of hydrogen-bond donors (Lipinski definition) is 1. The van der Waals surface area contributed by atoms with Crippen molar-refractivity contribution < 1.29 is 8.42 Å². The predicted octanol–water partition coefficient (Wildman–Crippen LogP) is 2.93. The Hall–Kier alpha value is -2.54. The minimum Gasteiger partial charge on any atom is -0.370 e. The largest absolute Gasteiger partial charge is 0.370 e. The average molecular weight is 398 g/mol. The number of rotatable bonds is 3. The molecule has 5 rings (SSSR count). The van der Waals surface area contributed by atoms with Gasteiger partial charge in [-0.3, -0.25) is 4.79 Å².